The Kier molecular flexibility index (Phi) is 5.80. The molecule has 0 aliphatic carbocycles. The molecule has 1 aromatic heterocycles. The molecule has 0 radical (unpaired) electrons. The number of anilines is 1. The fourth-order valence-corrected chi connectivity index (χ4v) is 4.51. The van der Waals surface area contributed by atoms with Gasteiger partial charge in [0.15, 0.2) is 0 Å². The van der Waals surface area contributed by atoms with Gasteiger partial charge in [0.05, 0.1) is 18.7 Å². The summed E-state index contributed by atoms with van der Waals surface area (Å²) in [6.45, 7) is 8.12. The number of hydrogen-bond acceptors (Lipinski definition) is 7. The lowest BCUT2D eigenvalue weighted by atomic mass is 9.85. The third kappa shape index (κ3) is 4.14. The predicted molar refractivity (Wildman–Crippen MR) is 128 cm³/mol. The van der Waals surface area contributed by atoms with E-state index in [1.165, 1.54) is 16.2 Å². The highest BCUT2D eigenvalue weighted by atomic mass is 32.1. The fraction of sp³-hybridized carbons (Fsp3) is 0.280. The number of benzene rings is 2. The number of Topliss-reactive ketones (excluding diaryl/α,β-unsaturated/α-hetero) is 1. The van der Waals surface area contributed by atoms with E-state index in [2.05, 4.69) is 31.0 Å². The van der Waals surface area contributed by atoms with Crippen molar-refractivity contribution in [1.82, 2.24) is 10.2 Å². The molecule has 0 bridgehead atoms. The first-order valence-electron chi connectivity index (χ1n) is 10.5. The molecule has 170 valence electrons. The van der Waals surface area contributed by atoms with Gasteiger partial charge < -0.3 is 9.84 Å². The Labute approximate surface area is 196 Å². The van der Waals surface area contributed by atoms with Gasteiger partial charge in [0, 0.05) is 5.56 Å². The molecule has 0 spiro atoms. The summed E-state index contributed by atoms with van der Waals surface area (Å²) in [4.78, 5) is 27.6. The van der Waals surface area contributed by atoms with Crippen molar-refractivity contribution in [3.8, 4) is 5.75 Å². The van der Waals surface area contributed by atoms with Crippen LogP contribution in [0.4, 0.5) is 5.13 Å². The van der Waals surface area contributed by atoms with Crippen molar-refractivity contribution in [2.24, 2.45) is 0 Å². The topological polar surface area (TPSA) is 92.6 Å². The maximum atomic E-state index is 13.2. The van der Waals surface area contributed by atoms with Gasteiger partial charge in [0.1, 0.15) is 16.5 Å². The molecular formula is C25H25N3O4S. The summed E-state index contributed by atoms with van der Waals surface area (Å²) in [7, 11) is 1.55. The van der Waals surface area contributed by atoms with Gasteiger partial charge in [-0.1, -0.05) is 56.4 Å². The highest BCUT2D eigenvalue weighted by molar-refractivity contribution is 7.15. The number of aromatic nitrogens is 2. The lowest BCUT2D eigenvalue weighted by Gasteiger charge is -2.24. The average molecular weight is 464 g/mol. The van der Waals surface area contributed by atoms with Crippen LogP contribution in [0.1, 0.15) is 48.5 Å². The second kappa shape index (κ2) is 8.44. The molecule has 4 rings (SSSR count). The van der Waals surface area contributed by atoms with Gasteiger partial charge in [-0.2, -0.15) is 0 Å². The van der Waals surface area contributed by atoms with Crippen LogP contribution < -0.4 is 9.64 Å². The van der Waals surface area contributed by atoms with Crippen LogP contribution in [-0.4, -0.2) is 34.1 Å². The van der Waals surface area contributed by atoms with Crippen LogP contribution in [-0.2, 0) is 15.0 Å². The molecule has 1 atom stereocenters. The van der Waals surface area contributed by atoms with Gasteiger partial charge in [-0.15, -0.1) is 10.2 Å². The minimum Gasteiger partial charge on any atom is -0.507 e. The summed E-state index contributed by atoms with van der Waals surface area (Å²) in [6.07, 6.45) is 0. The molecule has 1 saturated heterocycles. The smallest absolute Gasteiger partial charge is 0.301 e. The molecule has 2 aromatic carbocycles. The van der Waals surface area contributed by atoms with Gasteiger partial charge in [-0.25, -0.2) is 0 Å². The third-order valence-electron chi connectivity index (χ3n) is 5.62. The van der Waals surface area contributed by atoms with E-state index in [0.29, 0.717) is 27.0 Å². The van der Waals surface area contributed by atoms with E-state index in [1.54, 1.807) is 38.3 Å². The molecular weight excluding hydrogens is 438 g/mol. The summed E-state index contributed by atoms with van der Waals surface area (Å²) in [5.74, 6) is -1.14. The minimum atomic E-state index is -0.825. The number of aliphatic hydroxyl groups is 1. The zero-order chi connectivity index (χ0) is 23.9. The van der Waals surface area contributed by atoms with Crippen LogP contribution in [0.15, 0.2) is 54.1 Å². The fourth-order valence-electron chi connectivity index (χ4n) is 3.80. The molecule has 1 unspecified atom stereocenters. The van der Waals surface area contributed by atoms with E-state index in [4.69, 9.17) is 4.74 Å². The van der Waals surface area contributed by atoms with E-state index in [0.717, 1.165) is 5.56 Å². The van der Waals surface area contributed by atoms with Crippen LogP contribution >= 0.6 is 11.3 Å². The highest BCUT2D eigenvalue weighted by Crippen LogP contribution is 2.43. The quantitative estimate of drug-likeness (QED) is 0.340. The van der Waals surface area contributed by atoms with Crippen LogP contribution in [0.2, 0.25) is 0 Å². The zero-order valence-electron chi connectivity index (χ0n) is 19.1. The van der Waals surface area contributed by atoms with Crippen molar-refractivity contribution in [3.63, 3.8) is 0 Å². The summed E-state index contributed by atoms with van der Waals surface area (Å²) in [5.41, 5.74) is 2.19. The summed E-state index contributed by atoms with van der Waals surface area (Å²) in [6, 6.07) is 13.6. The second-order valence-electron chi connectivity index (χ2n) is 8.87. The Balaban J connectivity index is 1.89. The van der Waals surface area contributed by atoms with E-state index in [9.17, 15) is 14.7 Å². The number of aryl methyl sites for hydroxylation is 1. The standard InChI is InChI=1S/C25H25N3O4S/c1-14-26-27-24(33-14)28-20(15-6-10-17(11-7-15)25(2,3)4)19(22(30)23(28)31)21(29)16-8-12-18(32-5)13-9-16/h6-13,20,29H,1-5H3/b21-19+. The maximum absolute atomic E-state index is 13.2. The SMILES string of the molecule is COc1ccc(/C(O)=C2\C(=O)C(=O)N(c3nnc(C)s3)C2c2ccc(C(C)(C)C)cc2)cc1. The molecule has 2 heterocycles. The number of methoxy groups -OCH3 is 1. The van der Waals surface area contributed by atoms with Crippen molar-refractivity contribution in [1.29, 1.82) is 0 Å². The van der Waals surface area contributed by atoms with Gasteiger partial charge in [-0.05, 0) is 47.7 Å². The molecule has 8 heteroatoms. The van der Waals surface area contributed by atoms with E-state index in [1.807, 2.05) is 24.3 Å². The summed E-state index contributed by atoms with van der Waals surface area (Å²) >= 11 is 1.22. The predicted octanol–water partition coefficient (Wildman–Crippen LogP) is 4.78. The van der Waals surface area contributed by atoms with Crippen molar-refractivity contribution in [2.45, 2.75) is 39.2 Å². The number of aliphatic hydroxyl groups excluding tert-OH is 1. The summed E-state index contributed by atoms with van der Waals surface area (Å²) < 4.78 is 5.18. The van der Waals surface area contributed by atoms with E-state index < -0.39 is 17.7 Å². The van der Waals surface area contributed by atoms with Crippen LogP contribution in [0.25, 0.3) is 5.76 Å². The number of nitrogens with zero attached hydrogens (tertiary/aromatic N) is 3. The largest absolute Gasteiger partial charge is 0.507 e. The monoisotopic (exact) mass is 463 g/mol. The molecule has 33 heavy (non-hydrogen) atoms. The first kappa shape index (κ1) is 22.7. The average Bonchev–Trinajstić information content (AvgIpc) is 3.33. The zero-order valence-corrected chi connectivity index (χ0v) is 19.9. The van der Waals surface area contributed by atoms with Gasteiger partial charge in [0.25, 0.3) is 5.78 Å². The Morgan fingerprint density at radius 3 is 2.18 bits per heavy atom. The third-order valence-corrected chi connectivity index (χ3v) is 6.46. The van der Waals surface area contributed by atoms with Gasteiger partial charge in [0.2, 0.25) is 5.13 Å². The lowest BCUT2D eigenvalue weighted by molar-refractivity contribution is -0.132. The second-order valence-corrected chi connectivity index (χ2v) is 10.0. The number of amides is 1. The molecule has 1 fully saturated rings. The number of rotatable bonds is 4. The van der Waals surface area contributed by atoms with Gasteiger partial charge >= 0.3 is 5.91 Å². The molecule has 1 N–H and O–H groups in total. The van der Waals surface area contributed by atoms with Crippen LogP contribution in [0, 0.1) is 6.92 Å². The van der Waals surface area contributed by atoms with Crippen molar-refractivity contribution in [2.75, 3.05) is 12.0 Å². The van der Waals surface area contributed by atoms with Crippen LogP contribution in [0.5, 0.6) is 5.75 Å². The number of carbonyl (C=O) groups is 2. The molecule has 7 nitrogen and oxygen atoms in total. The van der Waals surface area contributed by atoms with Gasteiger partial charge in [-0.3, -0.25) is 14.5 Å². The molecule has 1 amide bonds. The molecule has 1 aliphatic rings. The number of ketones is 1. The summed E-state index contributed by atoms with van der Waals surface area (Å²) in [5, 5.41) is 20.3. The Morgan fingerprint density at radius 2 is 1.67 bits per heavy atom. The van der Waals surface area contributed by atoms with E-state index >= 15 is 0 Å². The molecule has 1 aliphatic heterocycles. The maximum Gasteiger partial charge on any atom is 0.301 e. The minimum absolute atomic E-state index is 0.0153. The Hall–Kier alpha value is -3.52. The number of ether oxygens (including phenoxy) is 1. The molecule has 0 saturated carbocycles. The van der Waals surface area contributed by atoms with E-state index in [-0.39, 0.29) is 16.7 Å². The molecule has 3 aromatic rings. The highest BCUT2D eigenvalue weighted by Gasteiger charge is 2.48. The van der Waals surface area contributed by atoms with Crippen molar-refractivity contribution >= 4 is 33.9 Å². The van der Waals surface area contributed by atoms with Crippen molar-refractivity contribution in [3.05, 3.63) is 75.8 Å². The Bertz CT molecular complexity index is 1240. The first-order chi connectivity index (χ1) is 15.6. The lowest BCUT2D eigenvalue weighted by Crippen LogP contribution is -2.29. The Morgan fingerprint density at radius 1 is 1.03 bits per heavy atom. The first-order valence-corrected chi connectivity index (χ1v) is 11.3. The number of carbonyl (C=O) groups excluding carboxylic acids is 2. The van der Waals surface area contributed by atoms with Crippen LogP contribution in [0.3, 0.4) is 0 Å². The number of hydrogen-bond donors (Lipinski definition) is 1. The normalized spacial score (nSPS) is 18.1. The van der Waals surface area contributed by atoms with Crippen molar-refractivity contribution < 1.29 is 19.4 Å².